The highest BCUT2D eigenvalue weighted by Gasteiger charge is 2.45. The molecule has 0 aromatic rings. The minimum absolute atomic E-state index is 0.0602. The number of aliphatic hydroxyl groups excluding tert-OH is 2. The Hall–Kier alpha value is -0.160. The van der Waals surface area contributed by atoms with Gasteiger partial charge in [0.15, 0.2) is 0 Å². The Morgan fingerprint density at radius 3 is 1.67 bits per heavy atom. The number of fused-ring (bicyclic) bond motifs is 2. The molecule has 0 unspecified atom stereocenters. The summed E-state index contributed by atoms with van der Waals surface area (Å²) in [5.74, 6) is 0. The molecule has 0 aromatic heterocycles. The molecule has 52 valence electrons. The molecule has 4 atom stereocenters. The molecule has 0 radical (unpaired) electrons. The van der Waals surface area contributed by atoms with Gasteiger partial charge in [0.05, 0.1) is 24.3 Å². The van der Waals surface area contributed by atoms with Crippen molar-refractivity contribution in [2.24, 2.45) is 0 Å². The van der Waals surface area contributed by atoms with E-state index in [0.29, 0.717) is 0 Å². The normalized spacial score (nSPS) is 56.7. The Morgan fingerprint density at radius 2 is 1.44 bits per heavy atom. The van der Waals surface area contributed by atoms with Crippen molar-refractivity contribution >= 4 is 0 Å². The molecular formula is C5H10N2O2. The van der Waals surface area contributed by atoms with Gasteiger partial charge in [0.2, 0.25) is 0 Å². The van der Waals surface area contributed by atoms with Gasteiger partial charge in [-0.2, -0.15) is 0 Å². The lowest BCUT2D eigenvalue weighted by Gasteiger charge is -2.23. The summed E-state index contributed by atoms with van der Waals surface area (Å²) in [7, 11) is 0. The van der Waals surface area contributed by atoms with Gasteiger partial charge in [0.25, 0.3) is 0 Å². The highest BCUT2D eigenvalue weighted by Crippen LogP contribution is 2.24. The summed E-state index contributed by atoms with van der Waals surface area (Å²) in [5.41, 5.74) is 5.75. The Bertz CT molecular complexity index is 112. The van der Waals surface area contributed by atoms with Crippen LogP contribution < -0.4 is 10.9 Å². The topological polar surface area (TPSA) is 64.5 Å². The molecule has 9 heavy (non-hydrogen) atoms. The van der Waals surface area contributed by atoms with Gasteiger partial charge >= 0.3 is 0 Å². The van der Waals surface area contributed by atoms with Crippen LogP contribution >= 0.6 is 0 Å². The van der Waals surface area contributed by atoms with Crippen LogP contribution in [0, 0.1) is 0 Å². The fourth-order valence-electron chi connectivity index (χ4n) is 1.53. The van der Waals surface area contributed by atoms with Crippen LogP contribution in [-0.2, 0) is 0 Å². The first-order valence-corrected chi connectivity index (χ1v) is 3.16. The highest BCUT2D eigenvalue weighted by atomic mass is 16.3. The number of aliphatic hydroxyl groups is 2. The maximum atomic E-state index is 9.14. The number of nitrogens with one attached hydrogen (secondary N) is 2. The molecule has 0 spiro atoms. The first kappa shape index (κ1) is 5.61. The molecule has 1 heterocycles. The van der Waals surface area contributed by atoms with Crippen molar-refractivity contribution in [2.75, 3.05) is 0 Å². The molecule has 2 aliphatic rings. The predicted octanol–water partition coefficient (Wildman–Crippen LogP) is -2.04. The third-order valence-electron chi connectivity index (χ3n) is 2.14. The van der Waals surface area contributed by atoms with E-state index in [4.69, 9.17) is 10.2 Å². The monoisotopic (exact) mass is 130 g/mol. The average molecular weight is 130 g/mol. The standard InChI is InChI=1S/C5H10N2O2/c8-4-2-1-3(5(4)9)7-6-2/h2-9H,1H2/t2-,3+,4+,5-. The van der Waals surface area contributed by atoms with Gasteiger partial charge in [-0.3, -0.25) is 10.9 Å². The van der Waals surface area contributed by atoms with Crippen LogP contribution in [0.3, 0.4) is 0 Å². The van der Waals surface area contributed by atoms with Gasteiger partial charge < -0.3 is 10.2 Å². The van der Waals surface area contributed by atoms with Crippen molar-refractivity contribution in [2.45, 2.75) is 30.7 Å². The molecule has 1 saturated heterocycles. The molecule has 0 aromatic carbocycles. The molecule has 2 fully saturated rings. The number of rotatable bonds is 0. The molecule has 1 aliphatic heterocycles. The molecule has 4 nitrogen and oxygen atoms in total. The van der Waals surface area contributed by atoms with Crippen LogP contribution in [0.15, 0.2) is 0 Å². The smallest absolute Gasteiger partial charge is 0.0981 e. The lowest BCUT2D eigenvalue weighted by atomic mass is 10.2. The molecule has 4 heteroatoms. The fraction of sp³-hybridized carbons (Fsp3) is 1.00. The molecule has 2 bridgehead atoms. The summed E-state index contributed by atoms with van der Waals surface area (Å²) >= 11 is 0. The van der Waals surface area contributed by atoms with Crippen LogP contribution in [0.25, 0.3) is 0 Å². The molecule has 0 amide bonds. The Morgan fingerprint density at radius 1 is 1.00 bits per heavy atom. The van der Waals surface area contributed by atoms with Gasteiger partial charge in [-0.05, 0) is 6.42 Å². The lowest BCUT2D eigenvalue weighted by molar-refractivity contribution is -0.00441. The number of hydrogen-bond donors (Lipinski definition) is 4. The SMILES string of the molecule is O[C@@H]1[C@H](O)[C@@H]2C[C@H]1NN2. The fourth-order valence-corrected chi connectivity index (χ4v) is 1.53. The number of hydrazine groups is 1. The van der Waals surface area contributed by atoms with Gasteiger partial charge in [0.1, 0.15) is 0 Å². The largest absolute Gasteiger partial charge is 0.389 e. The van der Waals surface area contributed by atoms with Crippen LogP contribution in [0.4, 0.5) is 0 Å². The van der Waals surface area contributed by atoms with Crippen LogP contribution in [0.1, 0.15) is 6.42 Å². The predicted molar refractivity (Wildman–Crippen MR) is 30.5 cm³/mol. The molecule has 4 N–H and O–H groups in total. The van der Waals surface area contributed by atoms with Crippen LogP contribution in [0.2, 0.25) is 0 Å². The van der Waals surface area contributed by atoms with E-state index in [-0.39, 0.29) is 12.1 Å². The summed E-state index contributed by atoms with van der Waals surface area (Å²) in [6, 6.07) is 0.120. The minimum Gasteiger partial charge on any atom is -0.389 e. The quantitative estimate of drug-likeness (QED) is 0.305. The third kappa shape index (κ3) is 0.616. The maximum Gasteiger partial charge on any atom is 0.0981 e. The highest BCUT2D eigenvalue weighted by molar-refractivity contribution is 5.02. The van der Waals surface area contributed by atoms with Crippen molar-refractivity contribution < 1.29 is 10.2 Å². The first-order chi connectivity index (χ1) is 4.29. The van der Waals surface area contributed by atoms with E-state index in [9.17, 15) is 0 Å². The van der Waals surface area contributed by atoms with Crippen molar-refractivity contribution in [1.29, 1.82) is 0 Å². The maximum absolute atomic E-state index is 9.14. The van der Waals surface area contributed by atoms with Crippen molar-refractivity contribution in [1.82, 2.24) is 10.9 Å². The van der Waals surface area contributed by atoms with Gasteiger partial charge in [0, 0.05) is 0 Å². The molecule has 2 rings (SSSR count). The molecule has 1 saturated carbocycles. The van der Waals surface area contributed by atoms with Gasteiger partial charge in [-0.25, -0.2) is 0 Å². The average Bonchev–Trinajstić information content (AvgIpc) is 2.37. The van der Waals surface area contributed by atoms with Crippen LogP contribution in [-0.4, -0.2) is 34.5 Å². The summed E-state index contributed by atoms with van der Waals surface area (Å²) in [5, 5.41) is 18.3. The summed E-state index contributed by atoms with van der Waals surface area (Å²) in [6.45, 7) is 0. The van der Waals surface area contributed by atoms with Gasteiger partial charge in [-0.15, -0.1) is 0 Å². The first-order valence-electron chi connectivity index (χ1n) is 3.16. The summed E-state index contributed by atoms with van der Waals surface area (Å²) in [6.07, 6.45) is -0.310. The second-order valence-electron chi connectivity index (χ2n) is 2.72. The van der Waals surface area contributed by atoms with Crippen LogP contribution in [0.5, 0.6) is 0 Å². The van der Waals surface area contributed by atoms with E-state index in [1.807, 2.05) is 0 Å². The van der Waals surface area contributed by atoms with Crippen molar-refractivity contribution in [3.05, 3.63) is 0 Å². The Kier molecular flexibility index (Phi) is 1.04. The van der Waals surface area contributed by atoms with E-state index < -0.39 is 12.2 Å². The summed E-state index contributed by atoms with van der Waals surface area (Å²) in [4.78, 5) is 0. The Balaban J connectivity index is 2.15. The van der Waals surface area contributed by atoms with Crippen molar-refractivity contribution in [3.63, 3.8) is 0 Å². The third-order valence-corrected chi connectivity index (χ3v) is 2.14. The van der Waals surface area contributed by atoms with E-state index in [1.165, 1.54) is 0 Å². The van der Waals surface area contributed by atoms with E-state index >= 15 is 0 Å². The zero-order chi connectivity index (χ0) is 6.43. The summed E-state index contributed by atoms with van der Waals surface area (Å²) < 4.78 is 0. The zero-order valence-electron chi connectivity index (χ0n) is 4.91. The lowest BCUT2D eigenvalue weighted by Crippen LogP contribution is -2.54. The molecular weight excluding hydrogens is 120 g/mol. The van der Waals surface area contributed by atoms with E-state index in [2.05, 4.69) is 10.9 Å². The Labute approximate surface area is 52.8 Å². The number of hydrogen-bond acceptors (Lipinski definition) is 4. The van der Waals surface area contributed by atoms with Crippen molar-refractivity contribution in [3.8, 4) is 0 Å². The second kappa shape index (κ2) is 1.67. The minimum atomic E-state index is -0.573. The second-order valence-corrected chi connectivity index (χ2v) is 2.72. The van der Waals surface area contributed by atoms with E-state index in [0.717, 1.165) is 6.42 Å². The van der Waals surface area contributed by atoms with Gasteiger partial charge in [-0.1, -0.05) is 0 Å². The van der Waals surface area contributed by atoms with E-state index in [1.54, 1.807) is 0 Å². The molecule has 1 aliphatic carbocycles. The zero-order valence-corrected chi connectivity index (χ0v) is 4.91.